The quantitative estimate of drug-likeness (QED) is 0.795. The summed E-state index contributed by atoms with van der Waals surface area (Å²) < 4.78 is 0. The van der Waals surface area contributed by atoms with Crippen molar-refractivity contribution >= 4 is 0 Å². The number of rotatable bonds is 5. The predicted molar refractivity (Wildman–Crippen MR) is 72.1 cm³/mol. The van der Waals surface area contributed by atoms with Crippen molar-refractivity contribution in [3.63, 3.8) is 0 Å². The van der Waals surface area contributed by atoms with Gasteiger partial charge in [-0.05, 0) is 38.6 Å². The fourth-order valence-corrected chi connectivity index (χ4v) is 3.20. The van der Waals surface area contributed by atoms with Gasteiger partial charge in [-0.2, -0.15) is 0 Å². The van der Waals surface area contributed by atoms with Crippen LogP contribution in [0.25, 0.3) is 0 Å². The molecule has 0 aliphatic heterocycles. The van der Waals surface area contributed by atoms with E-state index in [2.05, 4.69) is 11.8 Å². The van der Waals surface area contributed by atoms with Crippen LogP contribution < -0.4 is 0 Å². The van der Waals surface area contributed by atoms with Crippen LogP contribution >= 0.6 is 0 Å². The van der Waals surface area contributed by atoms with Crippen LogP contribution in [0.15, 0.2) is 0 Å². The van der Waals surface area contributed by atoms with Gasteiger partial charge in [0.2, 0.25) is 0 Å². The van der Waals surface area contributed by atoms with Gasteiger partial charge in [-0.1, -0.05) is 39.0 Å². The van der Waals surface area contributed by atoms with E-state index in [1.807, 2.05) is 0 Å². The Morgan fingerprint density at radius 2 is 1.71 bits per heavy atom. The van der Waals surface area contributed by atoms with E-state index in [4.69, 9.17) is 0 Å². The van der Waals surface area contributed by atoms with Gasteiger partial charge in [-0.15, -0.1) is 0 Å². The maximum absolute atomic E-state index is 10.4. The summed E-state index contributed by atoms with van der Waals surface area (Å²) in [6, 6.07) is 1.27. The highest BCUT2D eigenvalue weighted by atomic mass is 16.3. The third-order valence-corrected chi connectivity index (χ3v) is 4.41. The zero-order chi connectivity index (χ0) is 12.1. The molecular formula is C15H29NO. The second-order valence-corrected chi connectivity index (χ2v) is 5.95. The fourth-order valence-electron chi connectivity index (χ4n) is 3.20. The van der Waals surface area contributed by atoms with Gasteiger partial charge in [-0.3, -0.25) is 4.90 Å². The van der Waals surface area contributed by atoms with Crippen molar-refractivity contribution in [2.75, 3.05) is 6.54 Å². The highest BCUT2D eigenvalue weighted by molar-refractivity contribution is 4.91. The average molecular weight is 239 g/mol. The van der Waals surface area contributed by atoms with Crippen LogP contribution in [0.3, 0.4) is 0 Å². The molecule has 0 aromatic rings. The summed E-state index contributed by atoms with van der Waals surface area (Å²) in [4.78, 5) is 2.65. The molecule has 1 N–H and O–H groups in total. The molecule has 2 saturated carbocycles. The molecule has 0 bridgehead atoms. The Hall–Kier alpha value is -0.0800. The lowest BCUT2D eigenvalue weighted by atomic mass is 9.93. The van der Waals surface area contributed by atoms with Crippen molar-refractivity contribution in [2.45, 2.75) is 89.3 Å². The zero-order valence-electron chi connectivity index (χ0n) is 11.4. The van der Waals surface area contributed by atoms with Crippen molar-refractivity contribution in [1.82, 2.24) is 4.90 Å². The monoisotopic (exact) mass is 239 g/mol. The van der Waals surface area contributed by atoms with Gasteiger partial charge >= 0.3 is 0 Å². The number of aliphatic hydroxyl groups excluding tert-OH is 1. The first kappa shape index (κ1) is 13.4. The van der Waals surface area contributed by atoms with Crippen molar-refractivity contribution < 1.29 is 5.11 Å². The number of hydrogen-bond acceptors (Lipinski definition) is 2. The number of unbranched alkanes of at least 4 members (excludes halogenated alkanes) is 1. The Morgan fingerprint density at radius 1 is 1.00 bits per heavy atom. The molecule has 0 aromatic heterocycles. The third kappa shape index (κ3) is 3.96. The van der Waals surface area contributed by atoms with E-state index in [1.165, 1.54) is 64.3 Å². The lowest BCUT2D eigenvalue weighted by Crippen LogP contribution is -2.45. The Kier molecular flexibility index (Phi) is 5.30. The van der Waals surface area contributed by atoms with Gasteiger partial charge in [0.1, 0.15) is 0 Å². The van der Waals surface area contributed by atoms with E-state index < -0.39 is 0 Å². The van der Waals surface area contributed by atoms with Crippen molar-refractivity contribution in [3.8, 4) is 0 Å². The lowest BCUT2D eigenvalue weighted by Gasteiger charge is -2.36. The molecule has 2 unspecified atom stereocenters. The smallest absolute Gasteiger partial charge is 0.0695 e. The highest BCUT2D eigenvalue weighted by Gasteiger charge is 2.36. The average Bonchev–Trinajstić information content (AvgIpc) is 3.12. The summed E-state index contributed by atoms with van der Waals surface area (Å²) in [6.07, 6.45) is 12.7. The van der Waals surface area contributed by atoms with Crippen molar-refractivity contribution in [1.29, 1.82) is 0 Å². The van der Waals surface area contributed by atoms with Gasteiger partial charge in [-0.25, -0.2) is 0 Å². The molecule has 0 aromatic carbocycles. The Morgan fingerprint density at radius 3 is 2.35 bits per heavy atom. The van der Waals surface area contributed by atoms with E-state index in [1.54, 1.807) is 0 Å². The van der Waals surface area contributed by atoms with E-state index in [-0.39, 0.29) is 6.10 Å². The number of hydrogen-bond donors (Lipinski definition) is 1. The molecule has 2 nitrogen and oxygen atoms in total. The first-order valence-corrected chi connectivity index (χ1v) is 7.76. The lowest BCUT2D eigenvalue weighted by molar-refractivity contribution is 0.0259. The molecule has 2 heteroatoms. The maximum atomic E-state index is 10.4. The fraction of sp³-hybridized carbons (Fsp3) is 1.00. The van der Waals surface area contributed by atoms with E-state index in [0.29, 0.717) is 6.04 Å². The molecule has 17 heavy (non-hydrogen) atoms. The second kappa shape index (κ2) is 6.75. The van der Waals surface area contributed by atoms with Crippen LogP contribution in [0.2, 0.25) is 0 Å². The third-order valence-electron chi connectivity index (χ3n) is 4.41. The summed E-state index contributed by atoms with van der Waals surface area (Å²) in [6.45, 7) is 3.47. The normalized spacial score (nSPS) is 31.2. The molecule has 0 amide bonds. The molecule has 0 radical (unpaired) electrons. The Bertz CT molecular complexity index is 215. The molecule has 0 saturated heterocycles. The molecule has 2 aliphatic carbocycles. The summed E-state index contributed by atoms with van der Waals surface area (Å²) in [5, 5.41) is 10.4. The molecule has 2 aliphatic rings. The second-order valence-electron chi connectivity index (χ2n) is 5.95. The SMILES string of the molecule is CCCCN(C1CC1)C1CCCCCCC1O. The van der Waals surface area contributed by atoms with Gasteiger partial charge in [0.15, 0.2) is 0 Å². The zero-order valence-corrected chi connectivity index (χ0v) is 11.4. The minimum Gasteiger partial charge on any atom is -0.391 e. The molecule has 2 rings (SSSR count). The highest BCUT2D eigenvalue weighted by Crippen LogP contribution is 2.33. The summed E-state index contributed by atoms with van der Waals surface area (Å²) in [5.74, 6) is 0. The Labute approximate surface area is 106 Å². The topological polar surface area (TPSA) is 23.5 Å². The van der Waals surface area contributed by atoms with Crippen LogP contribution in [-0.4, -0.2) is 34.7 Å². The van der Waals surface area contributed by atoms with Gasteiger partial charge in [0.05, 0.1) is 6.10 Å². The molecule has 0 heterocycles. The Balaban J connectivity index is 1.92. The first-order chi connectivity index (χ1) is 8.33. The first-order valence-electron chi connectivity index (χ1n) is 7.76. The van der Waals surface area contributed by atoms with Crippen LogP contribution in [0, 0.1) is 0 Å². The minimum absolute atomic E-state index is 0.0623. The van der Waals surface area contributed by atoms with Crippen LogP contribution in [0.4, 0.5) is 0 Å². The maximum Gasteiger partial charge on any atom is 0.0695 e. The summed E-state index contributed by atoms with van der Waals surface area (Å²) in [7, 11) is 0. The van der Waals surface area contributed by atoms with Crippen LogP contribution in [-0.2, 0) is 0 Å². The largest absolute Gasteiger partial charge is 0.391 e. The number of aliphatic hydroxyl groups is 1. The molecule has 0 spiro atoms. The summed E-state index contributed by atoms with van der Waals surface area (Å²) >= 11 is 0. The van der Waals surface area contributed by atoms with Gasteiger partial charge in [0.25, 0.3) is 0 Å². The van der Waals surface area contributed by atoms with E-state index in [0.717, 1.165) is 12.5 Å². The predicted octanol–water partition coefficient (Wildman–Crippen LogP) is 3.33. The van der Waals surface area contributed by atoms with Crippen molar-refractivity contribution in [2.24, 2.45) is 0 Å². The number of nitrogens with zero attached hydrogens (tertiary/aromatic N) is 1. The molecule has 2 atom stereocenters. The van der Waals surface area contributed by atoms with Crippen LogP contribution in [0.1, 0.15) is 71.1 Å². The molecule has 100 valence electrons. The molecular weight excluding hydrogens is 210 g/mol. The minimum atomic E-state index is -0.0623. The van der Waals surface area contributed by atoms with E-state index >= 15 is 0 Å². The van der Waals surface area contributed by atoms with Gasteiger partial charge in [0, 0.05) is 12.1 Å². The summed E-state index contributed by atoms with van der Waals surface area (Å²) in [5.41, 5.74) is 0. The van der Waals surface area contributed by atoms with Crippen LogP contribution in [0.5, 0.6) is 0 Å². The van der Waals surface area contributed by atoms with Gasteiger partial charge < -0.3 is 5.11 Å². The van der Waals surface area contributed by atoms with E-state index in [9.17, 15) is 5.11 Å². The molecule has 2 fully saturated rings. The standard InChI is InChI=1S/C15H29NO/c1-2-3-12-16(13-10-11-13)14-8-6-4-5-7-9-15(14)17/h13-15,17H,2-12H2,1H3. The van der Waals surface area contributed by atoms with Crippen molar-refractivity contribution in [3.05, 3.63) is 0 Å².